The summed E-state index contributed by atoms with van der Waals surface area (Å²) < 4.78 is 23.3. The van der Waals surface area contributed by atoms with E-state index in [4.69, 9.17) is 0 Å². The van der Waals surface area contributed by atoms with Crippen LogP contribution in [0.1, 0.15) is 37.5 Å². The first-order valence-corrected chi connectivity index (χ1v) is 11.3. The van der Waals surface area contributed by atoms with Crippen LogP contribution in [0.2, 0.25) is 0 Å². The number of carbonyl (C=O) groups is 1. The van der Waals surface area contributed by atoms with Crippen LogP contribution in [0, 0.1) is 5.92 Å². The van der Waals surface area contributed by atoms with Gasteiger partial charge in [0.05, 0.1) is 28.9 Å². The second-order valence-electron chi connectivity index (χ2n) is 7.45. The Morgan fingerprint density at radius 1 is 1.25 bits per heavy atom. The van der Waals surface area contributed by atoms with Crippen LogP contribution in [0.3, 0.4) is 0 Å². The van der Waals surface area contributed by atoms with Gasteiger partial charge in [-0.1, -0.05) is 6.07 Å². The van der Waals surface area contributed by atoms with Gasteiger partial charge in [0.2, 0.25) is 5.91 Å². The van der Waals surface area contributed by atoms with Gasteiger partial charge in [-0.3, -0.25) is 14.6 Å². The number of likely N-dealkylation sites (tertiary alicyclic amines) is 1. The van der Waals surface area contributed by atoms with Crippen LogP contribution in [0.25, 0.3) is 11.4 Å². The maximum atomic E-state index is 12.8. The molecule has 1 N–H and O–H groups in total. The Kier molecular flexibility index (Phi) is 5.01. The van der Waals surface area contributed by atoms with Gasteiger partial charge in [-0.15, -0.1) is 0 Å². The van der Waals surface area contributed by atoms with Crippen molar-refractivity contribution in [1.82, 2.24) is 19.9 Å². The topological polar surface area (TPSA) is 113 Å². The molecule has 0 bridgehead atoms. The van der Waals surface area contributed by atoms with Gasteiger partial charge < -0.3 is 9.88 Å². The summed E-state index contributed by atoms with van der Waals surface area (Å²) >= 11 is 0. The largest absolute Gasteiger partial charge is 0.333 e. The zero-order valence-electron chi connectivity index (χ0n) is 15.4. The number of nitrogens with zero attached hydrogens (tertiary/aromatic N) is 3. The van der Waals surface area contributed by atoms with E-state index in [1.165, 1.54) is 6.07 Å². The van der Waals surface area contributed by atoms with Crippen molar-refractivity contribution in [2.75, 3.05) is 18.1 Å². The highest BCUT2D eigenvalue weighted by Crippen LogP contribution is 2.32. The average Bonchev–Trinajstić information content (AvgIpc) is 3.28. The van der Waals surface area contributed by atoms with Crippen LogP contribution in [0.4, 0.5) is 0 Å². The molecule has 4 rings (SSSR count). The van der Waals surface area contributed by atoms with Gasteiger partial charge in [0.15, 0.2) is 9.84 Å². The van der Waals surface area contributed by atoms with Crippen LogP contribution < -0.4 is 5.56 Å². The van der Waals surface area contributed by atoms with Gasteiger partial charge in [-0.05, 0) is 37.3 Å². The fourth-order valence-electron chi connectivity index (χ4n) is 4.03. The molecule has 2 fully saturated rings. The maximum absolute atomic E-state index is 12.8. The smallest absolute Gasteiger partial charge is 0.251 e. The minimum Gasteiger partial charge on any atom is -0.333 e. The molecule has 0 unspecified atom stereocenters. The Bertz CT molecular complexity index is 1040. The molecule has 0 aromatic carbocycles. The third-order valence-corrected chi connectivity index (χ3v) is 7.20. The number of hydrogen-bond donors (Lipinski definition) is 1. The van der Waals surface area contributed by atoms with E-state index in [1.54, 1.807) is 23.2 Å². The van der Waals surface area contributed by atoms with Crippen LogP contribution >= 0.6 is 0 Å². The van der Waals surface area contributed by atoms with Crippen LogP contribution in [-0.4, -0.2) is 52.2 Å². The van der Waals surface area contributed by atoms with Crippen molar-refractivity contribution in [3.8, 4) is 11.4 Å². The number of pyridine rings is 1. The fourth-order valence-corrected chi connectivity index (χ4v) is 5.89. The molecular formula is C19H22N4O4S. The molecule has 2 aliphatic heterocycles. The molecule has 8 nitrogen and oxygen atoms in total. The standard InChI is InChI=1S/C19H22N4O4S/c24-17-11-15(14-4-1-2-7-20-14)21-19(22-17)16-5-3-8-23(16)18(25)10-13-6-9-28(26,27)12-13/h1-2,4,7,11,13,16H,3,5-6,8-10,12H2,(H,21,22,24)/t13-,16-/m0/s1. The second-order valence-corrected chi connectivity index (χ2v) is 9.68. The molecule has 2 aromatic heterocycles. The summed E-state index contributed by atoms with van der Waals surface area (Å²) in [6.45, 7) is 0.584. The number of hydrogen-bond acceptors (Lipinski definition) is 6. The Hall–Kier alpha value is -2.55. The summed E-state index contributed by atoms with van der Waals surface area (Å²) in [4.78, 5) is 38.3. The molecule has 2 aromatic rings. The first kappa shape index (κ1) is 18.8. The van der Waals surface area contributed by atoms with Gasteiger partial charge in [0.1, 0.15) is 5.82 Å². The molecule has 0 radical (unpaired) electrons. The van der Waals surface area contributed by atoms with E-state index in [0.717, 1.165) is 6.42 Å². The quantitative estimate of drug-likeness (QED) is 0.825. The average molecular weight is 402 g/mol. The molecule has 28 heavy (non-hydrogen) atoms. The SMILES string of the molecule is O=C(C[C@@H]1CCS(=O)(=O)C1)N1CCC[C@H]1c1nc(-c2ccccn2)cc(=O)[nH]1. The van der Waals surface area contributed by atoms with E-state index in [1.807, 2.05) is 6.07 Å². The lowest BCUT2D eigenvalue weighted by atomic mass is 10.0. The maximum Gasteiger partial charge on any atom is 0.251 e. The summed E-state index contributed by atoms with van der Waals surface area (Å²) in [5.74, 6) is 0.510. The zero-order valence-corrected chi connectivity index (χ0v) is 16.2. The molecular weight excluding hydrogens is 380 g/mol. The van der Waals surface area contributed by atoms with Crippen molar-refractivity contribution in [3.63, 3.8) is 0 Å². The molecule has 0 spiro atoms. The lowest BCUT2D eigenvalue weighted by Gasteiger charge is -2.25. The highest BCUT2D eigenvalue weighted by molar-refractivity contribution is 7.91. The van der Waals surface area contributed by atoms with Crippen molar-refractivity contribution < 1.29 is 13.2 Å². The van der Waals surface area contributed by atoms with E-state index < -0.39 is 9.84 Å². The Labute approximate surface area is 162 Å². The van der Waals surface area contributed by atoms with E-state index in [9.17, 15) is 18.0 Å². The highest BCUT2D eigenvalue weighted by Gasteiger charge is 2.35. The summed E-state index contributed by atoms with van der Waals surface area (Å²) in [6, 6.07) is 6.49. The first-order valence-electron chi connectivity index (χ1n) is 9.44. The highest BCUT2D eigenvalue weighted by atomic mass is 32.2. The molecule has 148 valence electrons. The molecule has 4 heterocycles. The summed E-state index contributed by atoms with van der Waals surface area (Å²) in [5.41, 5.74) is 0.786. The van der Waals surface area contributed by atoms with Crippen molar-refractivity contribution in [3.05, 3.63) is 46.6 Å². The fraction of sp³-hybridized carbons (Fsp3) is 0.474. The van der Waals surface area contributed by atoms with Crippen molar-refractivity contribution in [2.24, 2.45) is 5.92 Å². The van der Waals surface area contributed by atoms with E-state index in [0.29, 0.717) is 36.6 Å². The molecule has 9 heteroatoms. The third-order valence-electron chi connectivity index (χ3n) is 5.37. The molecule has 0 aliphatic carbocycles. The zero-order chi connectivity index (χ0) is 19.7. The monoisotopic (exact) mass is 402 g/mol. The minimum absolute atomic E-state index is 0.0736. The Morgan fingerprint density at radius 2 is 2.11 bits per heavy atom. The van der Waals surface area contributed by atoms with Crippen LogP contribution in [0.15, 0.2) is 35.3 Å². The van der Waals surface area contributed by atoms with Crippen LogP contribution in [0.5, 0.6) is 0 Å². The lowest BCUT2D eigenvalue weighted by Crippen LogP contribution is -2.33. The predicted octanol–water partition coefficient (Wildman–Crippen LogP) is 1.32. The number of aromatic nitrogens is 3. The van der Waals surface area contributed by atoms with E-state index in [2.05, 4.69) is 15.0 Å². The normalized spacial score (nSPS) is 23.8. The third kappa shape index (κ3) is 3.99. The number of sulfone groups is 1. The Morgan fingerprint density at radius 3 is 2.82 bits per heavy atom. The lowest BCUT2D eigenvalue weighted by molar-refractivity contribution is -0.133. The minimum atomic E-state index is -3.01. The van der Waals surface area contributed by atoms with Gasteiger partial charge in [0, 0.05) is 25.2 Å². The number of nitrogens with one attached hydrogen (secondary N) is 1. The molecule has 2 saturated heterocycles. The first-order chi connectivity index (χ1) is 13.4. The number of H-pyrrole nitrogens is 1. The van der Waals surface area contributed by atoms with Gasteiger partial charge in [-0.25, -0.2) is 13.4 Å². The molecule has 0 saturated carbocycles. The molecule has 2 atom stereocenters. The van der Waals surface area contributed by atoms with Gasteiger partial charge in [-0.2, -0.15) is 0 Å². The van der Waals surface area contributed by atoms with Crippen molar-refractivity contribution >= 4 is 15.7 Å². The van der Waals surface area contributed by atoms with E-state index >= 15 is 0 Å². The number of amides is 1. The molecule has 1 amide bonds. The summed E-state index contributed by atoms with van der Waals surface area (Å²) in [7, 11) is -3.01. The summed E-state index contributed by atoms with van der Waals surface area (Å²) in [6.07, 6.45) is 3.93. The van der Waals surface area contributed by atoms with Gasteiger partial charge >= 0.3 is 0 Å². The van der Waals surface area contributed by atoms with Crippen molar-refractivity contribution in [2.45, 2.75) is 31.7 Å². The predicted molar refractivity (Wildman–Crippen MR) is 103 cm³/mol. The van der Waals surface area contributed by atoms with Crippen molar-refractivity contribution in [1.29, 1.82) is 0 Å². The van der Waals surface area contributed by atoms with Gasteiger partial charge in [0.25, 0.3) is 5.56 Å². The van der Waals surface area contributed by atoms with E-state index in [-0.39, 0.29) is 41.4 Å². The molecule has 2 aliphatic rings. The second kappa shape index (κ2) is 7.46. The van der Waals surface area contributed by atoms with Crippen LogP contribution in [-0.2, 0) is 14.6 Å². The number of rotatable bonds is 4. The number of carbonyl (C=O) groups excluding carboxylic acids is 1. The Balaban J connectivity index is 1.56. The number of aromatic amines is 1. The summed E-state index contributed by atoms with van der Waals surface area (Å²) in [5, 5.41) is 0.